The Morgan fingerprint density at radius 1 is 0.402 bits per heavy atom. The van der Waals surface area contributed by atoms with Crippen LogP contribution in [0.25, 0.3) is 0 Å². The molecule has 9 N–H and O–H groups in total. The first-order valence-corrected chi connectivity index (χ1v) is 37.1. The molecular formula is C73H139NO13. The maximum Gasteiger partial charge on any atom is 0.220 e. The lowest BCUT2D eigenvalue weighted by molar-refractivity contribution is -0.359. The van der Waals surface area contributed by atoms with Crippen LogP contribution in [0.5, 0.6) is 0 Å². The Kier molecular flexibility index (Phi) is 54.7. The number of amides is 1. The van der Waals surface area contributed by atoms with E-state index in [4.69, 9.17) is 18.9 Å². The predicted octanol–water partition coefficient (Wildman–Crippen LogP) is 15.5. The second-order valence-electron chi connectivity index (χ2n) is 26.4. The van der Waals surface area contributed by atoms with Gasteiger partial charge in [0, 0.05) is 6.42 Å². The van der Waals surface area contributed by atoms with E-state index in [0.717, 1.165) is 32.1 Å². The van der Waals surface area contributed by atoms with Crippen molar-refractivity contribution in [1.82, 2.24) is 5.32 Å². The van der Waals surface area contributed by atoms with Crippen molar-refractivity contribution in [1.29, 1.82) is 0 Å². The van der Waals surface area contributed by atoms with Crippen molar-refractivity contribution in [3.05, 3.63) is 24.3 Å². The van der Waals surface area contributed by atoms with Crippen LogP contribution in [-0.4, -0.2) is 140 Å². The number of carbonyl (C=O) groups excluding carboxylic acids is 1. The maximum absolute atomic E-state index is 13.3. The first kappa shape index (κ1) is 81.6. The fourth-order valence-corrected chi connectivity index (χ4v) is 12.5. The van der Waals surface area contributed by atoms with E-state index in [1.807, 2.05) is 6.08 Å². The lowest BCUT2D eigenvalue weighted by Gasteiger charge is -2.46. The van der Waals surface area contributed by atoms with Crippen LogP contribution in [-0.2, 0) is 23.7 Å². The van der Waals surface area contributed by atoms with E-state index < -0.39 is 86.8 Å². The minimum Gasteiger partial charge on any atom is -0.394 e. The molecule has 87 heavy (non-hydrogen) atoms. The van der Waals surface area contributed by atoms with Crippen molar-refractivity contribution < 1.29 is 64.6 Å². The molecule has 2 heterocycles. The number of carbonyl (C=O) groups is 1. The maximum atomic E-state index is 13.3. The molecule has 2 saturated heterocycles. The average Bonchev–Trinajstić information content (AvgIpc) is 2.55. The fourth-order valence-electron chi connectivity index (χ4n) is 12.5. The minimum absolute atomic E-state index is 0.241. The van der Waals surface area contributed by atoms with Crippen LogP contribution in [0.3, 0.4) is 0 Å². The summed E-state index contributed by atoms with van der Waals surface area (Å²) in [6.45, 7) is 2.85. The quantitative estimate of drug-likeness (QED) is 0.0204. The van der Waals surface area contributed by atoms with Gasteiger partial charge in [0.25, 0.3) is 0 Å². The van der Waals surface area contributed by atoms with E-state index in [0.29, 0.717) is 12.8 Å². The number of nitrogens with one attached hydrogen (secondary N) is 1. The normalized spacial score (nSPS) is 23.3. The lowest BCUT2D eigenvalue weighted by atomic mass is 9.97. The molecule has 0 aromatic heterocycles. The zero-order valence-electron chi connectivity index (χ0n) is 56.0. The highest BCUT2D eigenvalue weighted by Gasteiger charge is 2.51. The first-order valence-electron chi connectivity index (χ1n) is 37.1. The van der Waals surface area contributed by atoms with Crippen molar-refractivity contribution in [2.45, 2.75) is 415 Å². The highest BCUT2D eigenvalue weighted by atomic mass is 16.7. The van der Waals surface area contributed by atoms with Crippen molar-refractivity contribution in [2.24, 2.45) is 0 Å². The van der Waals surface area contributed by atoms with E-state index in [9.17, 15) is 45.6 Å². The molecular weight excluding hydrogens is 1100 g/mol. The van der Waals surface area contributed by atoms with E-state index >= 15 is 0 Å². The number of unbranched alkanes of at least 4 members (excludes halogenated alkanes) is 47. The Hall–Kier alpha value is -1.53. The van der Waals surface area contributed by atoms with Gasteiger partial charge >= 0.3 is 0 Å². The third-order valence-corrected chi connectivity index (χ3v) is 18.4. The number of hydrogen-bond donors (Lipinski definition) is 9. The van der Waals surface area contributed by atoms with Crippen LogP contribution < -0.4 is 5.32 Å². The fraction of sp³-hybridized carbons (Fsp3) is 0.932. The summed E-state index contributed by atoms with van der Waals surface area (Å²) >= 11 is 0. The molecule has 1 amide bonds. The van der Waals surface area contributed by atoms with E-state index in [-0.39, 0.29) is 18.9 Å². The van der Waals surface area contributed by atoms with Gasteiger partial charge in [-0.2, -0.15) is 0 Å². The summed E-state index contributed by atoms with van der Waals surface area (Å²) in [5.41, 5.74) is 0. The van der Waals surface area contributed by atoms with Crippen LogP contribution >= 0.6 is 0 Å². The van der Waals surface area contributed by atoms with E-state index in [1.54, 1.807) is 6.08 Å². The summed E-state index contributed by atoms with van der Waals surface area (Å²) in [6.07, 6.45) is 56.8. The van der Waals surface area contributed by atoms with Crippen LogP contribution in [0.15, 0.2) is 24.3 Å². The van der Waals surface area contributed by atoms with Crippen molar-refractivity contribution in [3.63, 3.8) is 0 Å². The highest BCUT2D eigenvalue weighted by molar-refractivity contribution is 5.76. The predicted molar refractivity (Wildman–Crippen MR) is 355 cm³/mol. The van der Waals surface area contributed by atoms with Gasteiger partial charge in [0.15, 0.2) is 12.6 Å². The zero-order chi connectivity index (χ0) is 63.1. The summed E-state index contributed by atoms with van der Waals surface area (Å²) in [5, 5.41) is 87.5. The van der Waals surface area contributed by atoms with Gasteiger partial charge < -0.3 is 65.1 Å². The zero-order valence-corrected chi connectivity index (χ0v) is 56.0. The Balaban J connectivity index is 1.67. The van der Waals surface area contributed by atoms with Gasteiger partial charge in [0.1, 0.15) is 48.8 Å². The molecule has 14 heteroatoms. The van der Waals surface area contributed by atoms with Crippen LogP contribution in [0, 0.1) is 0 Å². The number of rotatable bonds is 62. The molecule has 12 unspecified atom stereocenters. The summed E-state index contributed by atoms with van der Waals surface area (Å²) in [5.74, 6) is -0.241. The van der Waals surface area contributed by atoms with E-state index in [1.165, 1.54) is 276 Å². The summed E-state index contributed by atoms with van der Waals surface area (Å²) in [7, 11) is 0. The van der Waals surface area contributed by atoms with Gasteiger partial charge in [-0.25, -0.2) is 0 Å². The molecule has 2 rings (SSSR count). The molecule has 0 spiro atoms. The molecule has 2 aliphatic rings. The number of ether oxygens (including phenoxy) is 4. The molecule has 0 bridgehead atoms. The monoisotopic (exact) mass is 1240 g/mol. The third-order valence-electron chi connectivity index (χ3n) is 18.4. The molecule has 0 aromatic carbocycles. The number of aliphatic hydroxyl groups is 8. The van der Waals surface area contributed by atoms with Crippen molar-refractivity contribution >= 4 is 5.91 Å². The second kappa shape index (κ2) is 58.3. The number of aliphatic hydroxyl groups excluding tert-OH is 8. The standard InChI is InChI=1S/C73H139NO13/c1-3-5-7-9-11-13-15-17-19-21-23-25-27-29-30-31-32-33-34-36-38-40-42-44-46-48-50-52-54-56-62(77)61(60-84-72-70(83)68(81)71(64(59-76)86-72)87-73-69(82)67(80)66(79)63(58-75)85-73)74-65(78)57-55-53-51-49-47-45-43-41-39-37-35-28-26-24-22-20-18-16-14-12-10-8-6-4-2/h46,48,54,56,61-64,66-73,75-77,79-83H,3-45,47,49-53,55,57-60H2,1-2H3,(H,74,78)/b48-46+,56-54+. The summed E-state index contributed by atoms with van der Waals surface area (Å²) in [4.78, 5) is 13.3. The molecule has 0 radical (unpaired) electrons. The Morgan fingerprint density at radius 3 is 1.13 bits per heavy atom. The molecule has 14 nitrogen and oxygen atoms in total. The molecule has 2 fully saturated rings. The van der Waals surface area contributed by atoms with Crippen LogP contribution in [0.1, 0.15) is 341 Å². The Labute approximate surface area is 532 Å². The molecule has 2 aliphatic heterocycles. The molecule has 0 aromatic rings. The Bertz CT molecular complexity index is 1550. The second-order valence-corrected chi connectivity index (χ2v) is 26.4. The molecule has 12 atom stereocenters. The smallest absolute Gasteiger partial charge is 0.220 e. The Morgan fingerprint density at radius 2 is 0.736 bits per heavy atom. The van der Waals surface area contributed by atoms with Gasteiger partial charge in [-0.15, -0.1) is 0 Å². The minimum atomic E-state index is -1.79. The average molecular weight is 1240 g/mol. The van der Waals surface area contributed by atoms with Gasteiger partial charge in [0.05, 0.1) is 32.0 Å². The molecule has 0 aliphatic carbocycles. The SMILES string of the molecule is CCCCCCCCCCCCCCCCCCCCCCCCC/C=C/CC/C=C/C(O)C(COC1OC(CO)C(OC2OC(CO)C(O)C(O)C2O)C(O)C1O)NC(=O)CCCCCCCCCCCCCCCCCCCCCCCCCC. The molecule has 0 saturated carbocycles. The van der Waals surface area contributed by atoms with E-state index in [2.05, 4.69) is 31.3 Å². The van der Waals surface area contributed by atoms with Gasteiger partial charge in [-0.05, 0) is 32.1 Å². The summed E-state index contributed by atoms with van der Waals surface area (Å²) < 4.78 is 22.9. The van der Waals surface area contributed by atoms with Gasteiger partial charge in [-0.3, -0.25) is 4.79 Å². The molecule has 514 valence electrons. The topological polar surface area (TPSA) is 228 Å². The van der Waals surface area contributed by atoms with Crippen molar-refractivity contribution in [2.75, 3.05) is 19.8 Å². The largest absolute Gasteiger partial charge is 0.394 e. The first-order chi connectivity index (χ1) is 42.6. The van der Waals surface area contributed by atoms with Crippen LogP contribution in [0.2, 0.25) is 0 Å². The lowest BCUT2D eigenvalue weighted by Crippen LogP contribution is -2.65. The van der Waals surface area contributed by atoms with Gasteiger partial charge in [0.2, 0.25) is 5.91 Å². The summed E-state index contributed by atoms with van der Waals surface area (Å²) in [6, 6.07) is -0.930. The van der Waals surface area contributed by atoms with Gasteiger partial charge in [-0.1, -0.05) is 327 Å². The number of allylic oxidation sites excluding steroid dienone is 3. The van der Waals surface area contributed by atoms with Crippen molar-refractivity contribution in [3.8, 4) is 0 Å². The number of hydrogen-bond acceptors (Lipinski definition) is 13. The highest BCUT2D eigenvalue weighted by Crippen LogP contribution is 2.30. The van der Waals surface area contributed by atoms with Crippen LogP contribution in [0.4, 0.5) is 0 Å². The third kappa shape index (κ3) is 42.4.